The van der Waals surface area contributed by atoms with Crippen LogP contribution in [0, 0.1) is 0 Å². The van der Waals surface area contributed by atoms with E-state index >= 15 is 0 Å². The Morgan fingerprint density at radius 1 is 0.389 bits per heavy atom. The Hall–Kier alpha value is -6.88. The fraction of sp³-hybridized carbons (Fsp3) is 0. The molecule has 0 radical (unpaired) electrons. The predicted molar refractivity (Wildman–Crippen MR) is 230 cm³/mol. The maximum atomic E-state index is 5.07. The van der Waals surface area contributed by atoms with Gasteiger partial charge in [0.2, 0.25) is 0 Å². The Balaban J connectivity index is 1.30. The molecule has 0 bridgehead atoms. The Morgan fingerprint density at radius 2 is 0.944 bits per heavy atom. The molecule has 4 heteroatoms. The monoisotopic (exact) mass is 705 g/mol. The number of hydrogen-bond acceptors (Lipinski definition) is 4. The molecule has 3 aromatic heterocycles. The van der Waals surface area contributed by atoms with Crippen LogP contribution in [0.1, 0.15) is 0 Å². The first-order chi connectivity index (χ1) is 26.8. The minimum atomic E-state index is 0.993. The molecule has 0 spiro atoms. The third kappa shape index (κ3) is 4.81. The maximum Gasteiger partial charge on any atom is 0.0715 e. The smallest absolute Gasteiger partial charge is 0.0715 e. The van der Waals surface area contributed by atoms with E-state index in [1.165, 1.54) is 53.0 Å². The zero-order valence-electron chi connectivity index (χ0n) is 29.1. The van der Waals surface area contributed by atoms with Crippen molar-refractivity contribution in [2.45, 2.75) is 0 Å². The Kier molecular flexibility index (Phi) is 7.04. The lowest BCUT2D eigenvalue weighted by Crippen LogP contribution is -2.11. The summed E-state index contributed by atoms with van der Waals surface area (Å²) in [6.45, 7) is 0. The van der Waals surface area contributed by atoms with E-state index < -0.39 is 0 Å². The number of nitrogens with zero attached hydrogens (tertiary/aromatic N) is 3. The molecule has 54 heavy (non-hydrogen) atoms. The van der Waals surface area contributed by atoms with Crippen molar-refractivity contribution in [3.8, 4) is 22.3 Å². The first-order valence-corrected chi connectivity index (χ1v) is 19.0. The first-order valence-electron chi connectivity index (χ1n) is 18.2. The zero-order chi connectivity index (χ0) is 35.6. The van der Waals surface area contributed by atoms with Crippen molar-refractivity contribution < 1.29 is 0 Å². The van der Waals surface area contributed by atoms with Crippen molar-refractivity contribution in [1.29, 1.82) is 0 Å². The van der Waals surface area contributed by atoms with Gasteiger partial charge in [0.05, 0.1) is 28.6 Å². The number of hydrogen-bond donors (Lipinski definition) is 0. The molecular weight excluding hydrogens is 675 g/mol. The van der Waals surface area contributed by atoms with E-state index in [1.807, 2.05) is 29.8 Å². The van der Waals surface area contributed by atoms with Crippen LogP contribution in [0.3, 0.4) is 0 Å². The average molecular weight is 706 g/mol. The van der Waals surface area contributed by atoms with Gasteiger partial charge in [0.15, 0.2) is 0 Å². The van der Waals surface area contributed by atoms with Crippen molar-refractivity contribution >= 4 is 91.9 Å². The minimum absolute atomic E-state index is 0.993. The molecule has 252 valence electrons. The molecule has 11 rings (SSSR count). The number of thiophene rings is 1. The largest absolute Gasteiger partial charge is 0.308 e. The molecule has 0 saturated heterocycles. The van der Waals surface area contributed by atoms with Crippen molar-refractivity contribution in [1.82, 2.24) is 9.97 Å². The number of rotatable bonds is 5. The molecule has 0 aliphatic rings. The van der Waals surface area contributed by atoms with Gasteiger partial charge in [-0.3, -0.25) is 4.98 Å². The molecule has 11 aromatic rings. The Bertz CT molecular complexity index is 3130. The molecule has 8 aromatic carbocycles. The summed E-state index contributed by atoms with van der Waals surface area (Å²) < 4.78 is 2.61. The maximum absolute atomic E-state index is 5.07. The zero-order valence-corrected chi connectivity index (χ0v) is 30.0. The number of pyridine rings is 2. The lowest BCUT2D eigenvalue weighted by atomic mass is 9.87. The molecule has 0 saturated carbocycles. The molecule has 0 unspecified atom stereocenters. The summed E-state index contributed by atoms with van der Waals surface area (Å²) in [4.78, 5) is 12.0. The van der Waals surface area contributed by atoms with Crippen molar-refractivity contribution in [3.63, 3.8) is 0 Å². The minimum Gasteiger partial charge on any atom is -0.308 e. The van der Waals surface area contributed by atoms with Gasteiger partial charge in [0.1, 0.15) is 0 Å². The van der Waals surface area contributed by atoms with E-state index in [0.717, 1.165) is 49.8 Å². The van der Waals surface area contributed by atoms with Crippen LogP contribution in [0.4, 0.5) is 17.1 Å². The van der Waals surface area contributed by atoms with E-state index in [1.54, 1.807) is 0 Å². The predicted octanol–water partition coefficient (Wildman–Crippen LogP) is 14.3. The number of fused-ring (bicyclic) bond motifs is 7. The van der Waals surface area contributed by atoms with Crippen LogP contribution in [-0.2, 0) is 0 Å². The lowest BCUT2D eigenvalue weighted by molar-refractivity contribution is 1.24. The lowest BCUT2D eigenvalue weighted by Gasteiger charge is -2.29. The highest BCUT2D eigenvalue weighted by atomic mass is 32.1. The van der Waals surface area contributed by atoms with E-state index in [9.17, 15) is 0 Å². The van der Waals surface area contributed by atoms with Gasteiger partial charge in [-0.15, -0.1) is 11.3 Å². The molecule has 0 fully saturated rings. The van der Waals surface area contributed by atoms with Crippen molar-refractivity contribution in [2.24, 2.45) is 0 Å². The second-order valence-electron chi connectivity index (χ2n) is 13.7. The fourth-order valence-electron chi connectivity index (χ4n) is 8.37. The highest BCUT2D eigenvalue weighted by Crippen LogP contribution is 2.50. The van der Waals surface area contributed by atoms with E-state index in [2.05, 4.69) is 180 Å². The summed E-state index contributed by atoms with van der Waals surface area (Å²) in [7, 11) is 0. The molecule has 0 amide bonds. The van der Waals surface area contributed by atoms with Crippen molar-refractivity contribution in [2.75, 3.05) is 4.90 Å². The van der Waals surface area contributed by atoms with E-state index in [4.69, 9.17) is 4.98 Å². The molecule has 3 nitrogen and oxygen atoms in total. The van der Waals surface area contributed by atoms with Gasteiger partial charge in [0.25, 0.3) is 0 Å². The molecule has 0 N–H and O–H groups in total. The van der Waals surface area contributed by atoms with E-state index in [0.29, 0.717) is 0 Å². The van der Waals surface area contributed by atoms with Gasteiger partial charge in [-0.2, -0.15) is 0 Å². The van der Waals surface area contributed by atoms with Gasteiger partial charge < -0.3 is 4.90 Å². The third-order valence-corrected chi connectivity index (χ3v) is 11.8. The van der Waals surface area contributed by atoms with Crippen molar-refractivity contribution in [3.05, 3.63) is 188 Å². The quantitative estimate of drug-likeness (QED) is 0.167. The Morgan fingerprint density at radius 3 is 1.69 bits per heavy atom. The van der Waals surface area contributed by atoms with Crippen LogP contribution in [0.5, 0.6) is 0 Å². The second kappa shape index (κ2) is 12.4. The van der Waals surface area contributed by atoms with Crippen LogP contribution in [-0.4, -0.2) is 9.97 Å². The summed E-state index contributed by atoms with van der Waals surface area (Å²) in [6.07, 6.45) is 3.80. The highest BCUT2D eigenvalue weighted by molar-refractivity contribution is 7.25. The normalized spacial score (nSPS) is 11.7. The first kappa shape index (κ1) is 30.7. The number of para-hydroxylation sites is 3. The van der Waals surface area contributed by atoms with Crippen LogP contribution in [0.15, 0.2) is 188 Å². The van der Waals surface area contributed by atoms with Crippen LogP contribution in [0.2, 0.25) is 0 Å². The molecule has 0 aliphatic carbocycles. The molecule has 0 aliphatic heterocycles. The number of anilines is 3. The second-order valence-corrected chi connectivity index (χ2v) is 14.8. The molecule has 0 atom stereocenters. The van der Waals surface area contributed by atoms with Crippen LogP contribution >= 0.6 is 11.3 Å². The van der Waals surface area contributed by atoms with Gasteiger partial charge >= 0.3 is 0 Å². The van der Waals surface area contributed by atoms with Gasteiger partial charge in [0, 0.05) is 59.2 Å². The molecule has 3 heterocycles. The molecular formula is C50H31N3S. The summed E-state index contributed by atoms with van der Waals surface area (Å²) in [6, 6.07) is 63.6. The summed E-state index contributed by atoms with van der Waals surface area (Å²) in [5.41, 5.74) is 9.98. The van der Waals surface area contributed by atoms with Gasteiger partial charge in [-0.05, 0) is 88.1 Å². The van der Waals surface area contributed by atoms with Gasteiger partial charge in [-0.1, -0.05) is 115 Å². The van der Waals surface area contributed by atoms with Crippen LogP contribution < -0.4 is 4.90 Å². The summed E-state index contributed by atoms with van der Waals surface area (Å²) in [5, 5.41) is 9.61. The number of aromatic nitrogens is 2. The fourth-order valence-corrected chi connectivity index (χ4v) is 9.45. The average Bonchev–Trinajstić information content (AvgIpc) is 3.61. The highest BCUT2D eigenvalue weighted by Gasteiger charge is 2.24. The topological polar surface area (TPSA) is 29.0 Å². The summed E-state index contributed by atoms with van der Waals surface area (Å²) >= 11 is 1.86. The summed E-state index contributed by atoms with van der Waals surface area (Å²) in [5.74, 6) is 0. The van der Waals surface area contributed by atoms with E-state index in [-0.39, 0.29) is 0 Å². The van der Waals surface area contributed by atoms with Crippen LogP contribution in [0.25, 0.3) is 85.8 Å². The standard InChI is InChI=1S/C50H31N3S/c1-2-13-34(14-3-1)53(35-15-12-28-51-31-35)50-38-18-5-4-17-37(38)48(33-25-27-47-42(29-33)36-16-8-11-23-46(36)54-47)43-30-32(24-26-39(43)50)49-40-19-6-9-21-44(40)52-45-22-10-7-20-41(45)49/h1-31H. The Labute approximate surface area is 316 Å². The SMILES string of the molecule is c1ccc(N(c2cccnc2)c2c3ccccc3c(-c3ccc4sc5ccccc5c4c3)c3cc(-c4c5ccccc5nc5ccccc45)ccc23)cc1. The third-order valence-electron chi connectivity index (χ3n) is 10.7. The number of benzene rings is 8. The van der Waals surface area contributed by atoms with Gasteiger partial charge in [-0.25, -0.2) is 4.98 Å².